The Bertz CT molecular complexity index is 696. The van der Waals surface area contributed by atoms with Crippen molar-refractivity contribution in [3.63, 3.8) is 0 Å². The predicted octanol–water partition coefficient (Wildman–Crippen LogP) is 3.81. The van der Waals surface area contributed by atoms with E-state index in [2.05, 4.69) is 4.98 Å². The highest BCUT2D eigenvalue weighted by atomic mass is 16.6. The maximum Gasteiger partial charge on any atom is 0.356 e. The summed E-state index contributed by atoms with van der Waals surface area (Å²) in [5, 5.41) is 0. The van der Waals surface area contributed by atoms with Crippen LogP contribution in [0.4, 0.5) is 0 Å². The third-order valence-electron chi connectivity index (χ3n) is 3.05. The van der Waals surface area contributed by atoms with Crippen molar-refractivity contribution in [2.45, 2.75) is 33.3 Å². The predicted molar refractivity (Wildman–Crippen MR) is 87.4 cm³/mol. The SMILES string of the molecule is CCOC(=O)c1c(-c2ccccc2)c[nH]c1C(=O)OC(C)(C)C. The van der Waals surface area contributed by atoms with E-state index in [4.69, 9.17) is 9.47 Å². The summed E-state index contributed by atoms with van der Waals surface area (Å²) >= 11 is 0. The van der Waals surface area contributed by atoms with Crippen LogP contribution in [0.1, 0.15) is 48.5 Å². The molecule has 1 aromatic heterocycles. The second kappa shape index (κ2) is 6.69. The van der Waals surface area contributed by atoms with Crippen molar-refractivity contribution in [3.8, 4) is 11.1 Å². The number of rotatable bonds is 4. The summed E-state index contributed by atoms with van der Waals surface area (Å²) in [6.07, 6.45) is 1.63. The third-order valence-corrected chi connectivity index (χ3v) is 3.05. The summed E-state index contributed by atoms with van der Waals surface area (Å²) in [5.74, 6) is -1.13. The van der Waals surface area contributed by atoms with E-state index in [-0.39, 0.29) is 17.9 Å². The van der Waals surface area contributed by atoms with Crippen LogP contribution in [0.25, 0.3) is 11.1 Å². The molecule has 1 N–H and O–H groups in total. The average molecular weight is 315 g/mol. The summed E-state index contributed by atoms with van der Waals surface area (Å²) in [6, 6.07) is 9.35. The number of carbonyl (C=O) groups is 2. The van der Waals surface area contributed by atoms with Crippen molar-refractivity contribution in [2.75, 3.05) is 6.61 Å². The van der Waals surface area contributed by atoms with Crippen LogP contribution in [-0.2, 0) is 9.47 Å². The lowest BCUT2D eigenvalue weighted by molar-refractivity contribution is 0.00585. The van der Waals surface area contributed by atoms with Gasteiger partial charge in [-0.15, -0.1) is 0 Å². The van der Waals surface area contributed by atoms with Crippen molar-refractivity contribution >= 4 is 11.9 Å². The molecule has 122 valence electrons. The van der Waals surface area contributed by atoms with Crippen molar-refractivity contribution < 1.29 is 19.1 Å². The standard InChI is InChI=1S/C18H21NO4/c1-5-22-16(20)14-13(12-9-7-6-8-10-12)11-19-15(14)17(21)23-18(2,3)4/h6-11,19H,5H2,1-4H3. The fraction of sp³-hybridized carbons (Fsp3) is 0.333. The molecule has 5 heteroatoms. The van der Waals surface area contributed by atoms with E-state index >= 15 is 0 Å². The van der Waals surface area contributed by atoms with Crippen LogP contribution in [0.3, 0.4) is 0 Å². The molecule has 0 radical (unpaired) electrons. The molecular weight excluding hydrogens is 294 g/mol. The summed E-state index contributed by atoms with van der Waals surface area (Å²) in [4.78, 5) is 27.6. The van der Waals surface area contributed by atoms with Crippen molar-refractivity contribution in [3.05, 3.63) is 47.8 Å². The van der Waals surface area contributed by atoms with Gasteiger partial charge in [-0.2, -0.15) is 0 Å². The average Bonchev–Trinajstić information content (AvgIpc) is 2.91. The topological polar surface area (TPSA) is 68.4 Å². The Morgan fingerprint density at radius 2 is 1.74 bits per heavy atom. The zero-order valence-corrected chi connectivity index (χ0v) is 13.8. The van der Waals surface area contributed by atoms with E-state index in [9.17, 15) is 9.59 Å². The van der Waals surface area contributed by atoms with Crippen molar-refractivity contribution in [1.82, 2.24) is 4.98 Å². The highest BCUT2D eigenvalue weighted by Gasteiger charge is 2.28. The minimum atomic E-state index is -0.652. The fourth-order valence-electron chi connectivity index (χ4n) is 2.17. The number of nitrogens with one attached hydrogen (secondary N) is 1. The molecule has 2 aromatic rings. The van der Waals surface area contributed by atoms with Crippen LogP contribution in [-0.4, -0.2) is 29.1 Å². The lowest BCUT2D eigenvalue weighted by Gasteiger charge is -2.19. The van der Waals surface area contributed by atoms with Crippen LogP contribution < -0.4 is 0 Å². The Morgan fingerprint density at radius 3 is 2.30 bits per heavy atom. The second-order valence-electron chi connectivity index (χ2n) is 6.04. The molecule has 0 atom stereocenters. The monoisotopic (exact) mass is 315 g/mol. The molecule has 0 saturated carbocycles. The number of hydrogen-bond donors (Lipinski definition) is 1. The quantitative estimate of drug-likeness (QED) is 0.871. The van der Waals surface area contributed by atoms with Gasteiger partial charge in [-0.3, -0.25) is 0 Å². The fourth-order valence-corrected chi connectivity index (χ4v) is 2.17. The molecule has 0 bridgehead atoms. The number of ether oxygens (including phenoxy) is 2. The van der Waals surface area contributed by atoms with E-state index in [0.717, 1.165) is 5.56 Å². The Labute approximate surface area is 135 Å². The molecule has 1 aromatic carbocycles. The molecule has 1 heterocycles. The summed E-state index contributed by atoms with van der Waals surface area (Å²) < 4.78 is 10.5. The molecule has 0 aliphatic heterocycles. The maximum absolute atomic E-state index is 12.4. The van der Waals surface area contributed by atoms with Gasteiger partial charge in [0.05, 0.1) is 12.2 Å². The number of benzene rings is 1. The van der Waals surface area contributed by atoms with Gasteiger partial charge in [0.15, 0.2) is 0 Å². The molecular formula is C18H21NO4. The molecule has 0 spiro atoms. The molecule has 0 aliphatic carbocycles. The second-order valence-corrected chi connectivity index (χ2v) is 6.04. The Morgan fingerprint density at radius 1 is 1.09 bits per heavy atom. The third kappa shape index (κ3) is 4.00. The summed E-state index contributed by atoms with van der Waals surface area (Å²) in [6.45, 7) is 7.27. The van der Waals surface area contributed by atoms with Crippen LogP contribution in [0, 0.1) is 0 Å². The van der Waals surface area contributed by atoms with Crippen molar-refractivity contribution in [1.29, 1.82) is 0 Å². The minimum Gasteiger partial charge on any atom is -0.462 e. The van der Waals surface area contributed by atoms with Gasteiger partial charge in [0.1, 0.15) is 11.3 Å². The smallest absolute Gasteiger partial charge is 0.356 e. The highest BCUT2D eigenvalue weighted by molar-refractivity contribution is 6.07. The number of carbonyl (C=O) groups excluding carboxylic acids is 2. The van der Waals surface area contributed by atoms with Gasteiger partial charge >= 0.3 is 11.9 Å². The Hall–Kier alpha value is -2.56. The van der Waals surface area contributed by atoms with Gasteiger partial charge in [-0.25, -0.2) is 9.59 Å². The largest absolute Gasteiger partial charge is 0.462 e. The molecule has 5 nitrogen and oxygen atoms in total. The Kier molecular flexibility index (Phi) is 4.89. The lowest BCUT2D eigenvalue weighted by Crippen LogP contribution is -2.25. The summed E-state index contributed by atoms with van der Waals surface area (Å²) in [7, 11) is 0. The van der Waals surface area contributed by atoms with Gasteiger partial charge in [-0.05, 0) is 33.3 Å². The molecule has 0 unspecified atom stereocenters. The van der Waals surface area contributed by atoms with E-state index in [1.54, 1.807) is 33.9 Å². The number of H-pyrrole nitrogens is 1. The first-order valence-electron chi connectivity index (χ1n) is 7.50. The first-order valence-corrected chi connectivity index (χ1v) is 7.50. The van der Waals surface area contributed by atoms with Gasteiger partial charge in [0, 0.05) is 11.8 Å². The normalized spacial score (nSPS) is 11.1. The van der Waals surface area contributed by atoms with Gasteiger partial charge in [-0.1, -0.05) is 30.3 Å². The highest BCUT2D eigenvalue weighted by Crippen LogP contribution is 2.28. The Balaban J connectivity index is 2.50. The molecule has 0 amide bonds. The van der Waals surface area contributed by atoms with Gasteiger partial charge in [0.25, 0.3) is 0 Å². The number of esters is 2. The van der Waals surface area contributed by atoms with Crippen LogP contribution >= 0.6 is 0 Å². The summed E-state index contributed by atoms with van der Waals surface area (Å²) in [5.41, 5.74) is 1.09. The number of hydrogen-bond acceptors (Lipinski definition) is 4. The zero-order chi connectivity index (χ0) is 17.0. The van der Waals surface area contributed by atoms with Crippen LogP contribution in [0.5, 0.6) is 0 Å². The minimum absolute atomic E-state index is 0.109. The first-order chi connectivity index (χ1) is 10.8. The zero-order valence-electron chi connectivity index (χ0n) is 13.8. The molecule has 0 fully saturated rings. The maximum atomic E-state index is 12.4. The molecule has 0 saturated heterocycles. The van der Waals surface area contributed by atoms with E-state index in [0.29, 0.717) is 5.56 Å². The van der Waals surface area contributed by atoms with E-state index in [1.165, 1.54) is 0 Å². The first kappa shape index (κ1) is 16.8. The van der Waals surface area contributed by atoms with Gasteiger partial charge < -0.3 is 14.5 Å². The number of aromatic nitrogens is 1. The van der Waals surface area contributed by atoms with E-state index < -0.39 is 17.5 Å². The van der Waals surface area contributed by atoms with Crippen molar-refractivity contribution in [2.24, 2.45) is 0 Å². The van der Waals surface area contributed by atoms with E-state index in [1.807, 2.05) is 30.3 Å². The molecule has 23 heavy (non-hydrogen) atoms. The van der Waals surface area contributed by atoms with Crippen LogP contribution in [0.2, 0.25) is 0 Å². The molecule has 2 rings (SSSR count). The van der Waals surface area contributed by atoms with Crippen LogP contribution in [0.15, 0.2) is 36.5 Å². The molecule has 0 aliphatic rings. The van der Waals surface area contributed by atoms with Gasteiger partial charge in [0.2, 0.25) is 0 Å². The lowest BCUT2D eigenvalue weighted by atomic mass is 10.0. The number of aromatic amines is 1.